The summed E-state index contributed by atoms with van der Waals surface area (Å²) in [5.41, 5.74) is 5.38. The van der Waals surface area contributed by atoms with E-state index in [9.17, 15) is 9.59 Å². The Morgan fingerprint density at radius 2 is 2.00 bits per heavy atom. The second kappa shape index (κ2) is 7.44. The predicted octanol–water partition coefficient (Wildman–Crippen LogP) is -1.25. The van der Waals surface area contributed by atoms with Gasteiger partial charge in [0.1, 0.15) is 12.6 Å². The summed E-state index contributed by atoms with van der Waals surface area (Å²) >= 11 is 0. The van der Waals surface area contributed by atoms with Crippen LogP contribution in [0.2, 0.25) is 0 Å². The van der Waals surface area contributed by atoms with Gasteiger partial charge in [0.2, 0.25) is 5.91 Å². The summed E-state index contributed by atoms with van der Waals surface area (Å²) in [6, 6.07) is -1.01. The van der Waals surface area contributed by atoms with Gasteiger partial charge in [0.05, 0.1) is 13.2 Å². The standard InChI is InChI=1S/C8H16N2O4.ClH/c1-5(11)7(9)8(13)10(2)4-6(12)14-3;/h5,7,11H,4,9H2,1-3H3;1H/t5-,7+;/m1./s1. The SMILES string of the molecule is COC(=O)CN(C)C(=O)[C@@H](N)[C@@H](C)O.Cl. The van der Waals surface area contributed by atoms with Crippen molar-refractivity contribution in [2.75, 3.05) is 20.7 Å². The number of nitrogens with zero attached hydrogens (tertiary/aromatic N) is 1. The highest BCUT2D eigenvalue weighted by molar-refractivity contribution is 5.86. The molecule has 3 N–H and O–H groups in total. The number of aliphatic hydroxyl groups excluding tert-OH is 1. The number of hydrogen-bond donors (Lipinski definition) is 2. The van der Waals surface area contributed by atoms with E-state index in [1.165, 1.54) is 21.1 Å². The van der Waals surface area contributed by atoms with Crippen LogP contribution in [0.15, 0.2) is 0 Å². The van der Waals surface area contributed by atoms with E-state index in [0.717, 1.165) is 4.90 Å². The molecule has 0 spiro atoms. The van der Waals surface area contributed by atoms with Crippen LogP contribution in [0, 0.1) is 0 Å². The lowest BCUT2D eigenvalue weighted by molar-refractivity contribution is -0.147. The van der Waals surface area contributed by atoms with Gasteiger partial charge in [0.15, 0.2) is 0 Å². The lowest BCUT2D eigenvalue weighted by atomic mass is 10.2. The number of aliphatic hydroxyl groups is 1. The molecule has 6 nitrogen and oxygen atoms in total. The lowest BCUT2D eigenvalue weighted by Gasteiger charge is -2.21. The van der Waals surface area contributed by atoms with Gasteiger partial charge in [-0.05, 0) is 6.92 Å². The summed E-state index contributed by atoms with van der Waals surface area (Å²) < 4.78 is 4.38. The van der Waals surface area contributed by atoms with Gasteiger partial charge >= 0.3 is 5.97 Å². The number of methoxy groups -OCH3 is 1. The topological polar surface area (TPSA) is 92.9 Å². The van der Waals surface area contributed by atoms with Gasteiger partial charge in [-0.15, -0.1) is 12.4 Å². The Bertz CT molecular complexity index is 223. The monoisotopic (exact) mass is 240 g/mol. The molecular weight excluding hydrogens is 224 g/mol. The fraction of sp³-hybridized carbons (Fsp3) is 0.750. The van der Waals surface area contributed by atoms with Crippen LogP contribution < -0.4 is 5.73 Å². The van der Waals surface area contributed by atoms with Crippen LogP contribution in [0.25, 0.3) is 0 Å². The number of ether oxygens (including phenoxy) is 1. The number of likely N-dealkylation sites (N-methyl/N-ethyl adjacent to an activating group) is 1. The smallest absolute Gasteiger partial charge is 0.325 e. The second-order valence-electron chi connectivity index (χ2n) is 3.04. The number of rotatable bonds is 4. The third kappa shape index (κ3) is 5.56. The van der Waals surface area contributed by atoms with E-state index in [-0.39, 0.29) is 19.0 Å². The lowest BCUT2D eigenvalue weighted by Crippen LogP contribution is -2.49. The van der Waals surface area contributed by atoms with Crippen molar-refractivity contribution in [3.8, 4) is 0 Å². The average molecular weight is 241 g/mol. The number of halogens is 1. The molecule has 0 fully saturated rings. The third-order valence-electron chi connectivity index (χ3n) is 1.78. The molecule has 0 rings (SSSR count). The van der Waals surface area contributed by atoms with Crippen molar-refractivity contribution in [2.45, 2.75) is 19.1 Å². The van der Waals surface area contributed by atoms with E-state index < -0.39 is 24.0 Å². The Balaban J connectivity index is 0. The highest BCUT2D eigenvalue weighted by Crippen LogP contribution is 1.95. The quantitative estimate of drug-likeness (QED) is 0.599. The van der Waals surface area contributed by atoms with Gasteiger partial charge in [-0.3, -0.25) is 9.59 Å². The minimum atomic E-state index is -1.01. The largest absolute Gasteiger partial charge is 0.468 e. The van der Waals surface area contributed by atoms with Crippen molar-refractivity contribution in [2.24, 2.45) is 5.73 Å². The number of hydrogen-bond acceptors (Lipinski definition) is 5. The Labute approximate surface area is 94.8 Å². The van der Waals surface area contributed by atoms with Crippen LogP contribution >= 0.6 is 12.4 Å². The van der Waals surface area contributed by atoms with Crippen LogP contribution in [0.3, 0.4) is 0 Å². The average Bonchev–Trinajstić information content (AvgIpc) is 2.14. The summed E-state index contributed by atoms with van der Waals surface area (Å²) in [5.74, 6) is -1.02. The molecule has 0 aromatic heterocycles. The van der Waals surface area contributed by atoms with E-state index in [1.807, 2.05) is 0 Å². The normalized spacial score (nSPS) is 13.4. The summed E-state index contributed by atoms with van der Waals surface area (Å²) in [4.78, 5) is 23.3. The molecule has 0 aliphatic heterocycles. The Hall–Kier alpha value is -0.850. The molecule has 1 amide bonds. The van der Waals surface area contributed by atoms with Crippen molar-refractivity contribution >= 4 is 24.3 Å². The van der Waals surface area contributed by atoms with Gasteiger partial charge in [-0.25, -0.2) is 0 Å². The Kier molecular flexibility index (Phi) is 8.22. The first kappa shape index (κ1) is 16.6. The van der Waals surface area contributed by atoms with Crippen molar-refractivity contribution in [1.82, 2.24) is 4.90 Å². The van der Waals surface area contributed by atoms with Crippen molar-refractivity contribution in [1.29, 1.82) is 0 Å². The molecule has 0 heterocycles. The summed E-state index contributed by atoms with van der Waals surface area (Å²) in [5, 5.41) is 9.04. The highest BCUT2D eigenvalue weighted by Gasteiger charge is 2.23. The van der Waals surface area contributed by atoms with E-state index in [1.54, 1.807) is 0 Å². The van der Waals surface area contributed by atoms with E-state index in [0.29, 0.717) is 0 Å². The van der Waals surface area contributed by atoms with Gasteiger partial charge < -0.3 is 20.5 Å². The van der Waals surface area contributed by atoms with Crippen molar-refractivity contribution in [3.05, 3.63) is 0 Å². The maximum absolute atomic E-state index is 11.4. The molecule has 0 saturated carbocycles. The Morgan fingerprint density at radius 1 is 1.53 bits per heavy atom. The fourth-order valence-corrected chi connectivity index (χ4v) is 0.797. The maximum atomic E-state index is 11.4. The minimum Gasteiger partial charge on any atom is -0.468 e. The fourth-order valence-electron chi connectivity index (χ4n) is 0.797. The van der Waals surface area contributed by atoms with Gasteiger partial charge in [-0.1, -0.05) is 0 Å². The van der Waals surface area contributed by atoms with Crippen LogP contribution in [-0.2, 0) is 14.3 Å². The van der Waals surface area contributed by atoms with Gasteiger partial charge in [0, 0.05) is 7.05 Å². The molecule has 2 atom stereocenters. The second-order valence-corrected chi connectivity index (χ2v) is 3.04. The first-order chi connectivity index (χ1) is 6.40. The van der Waals surface area contributed by atoms with E-state index in [4.69, 9.17) is 10.8 Å². The van der Waals surface area contributed by atoms with Gasteiger partial charge in [0.25, 0.3) is 0 Å². The molecule has 0 saturated heterocycles. The van der Waals surface area contributed by atoms with E-state index in [2.05, 4.69) is 4.74 Å². The number of carbonyl (C=O) groups is 2. The zero-order valence-electron chi connectivity index (χ0n) is 8.97. The number of esters is 1. The molecule has 0 aliphatic rings. The van der Waals surface area contributed by atoms with Crippen LogP contribution in [-0.4, -0.2) is 54.7 Å². The van der Waals surface area contributed by atoms with Gasteiger partial charge in [-0.2, -0.15) is 0 Å². The Morgan fingerprint density at radius 3 is 2.33 bits per heavy atom. The number of carbonyl (C=O) groups excluding carboxylic acids is 2. The molecular formula is C8H17ClN2O4. The summed E-state index contributed by atoms with van der Waals surface area (Å²) in [6.07, 6.45) is -0.942. The molecule has 0 aromatic rings. The molecule has 0 bridgehead atoms. The molecule has 0 aliphatic carbocycles. The molecule has 0 radical (unpaired) electrons. The first-order valence-electron chi connectivity index (χ1n) is 4.15. The zero-order chi connectivity index (χ0) is 11.3. The molecule has 0 unspecified atom stereocenters. The van der Waals surface area contributed by atoms with Crippen molar-refractivity contribution in [3.63, 3.8) is 0 Å². The minimum absolute atomic E-state index is 0. The molecule has 90 valence electrons. The first-order valence-corrected chi connectivity index (χ1v) is 4.15. The highest BCUT2D eigenvalue weighted by atomic mass is 35.5. The molecule has 0 aromatic carbocycles. The van der Waals surface area contributed by atoms with Crippen molar-refractivity contribution < 1.29 is 19.4 Å². The van der Waals surface area contributed by atoms with Crippen LogP contribution in [0.1, 0.15) is 6.92 Å². The number of nitrogens with two attached hydrogens (primary N) is 1. The van der Waals surface area contributed by atoms with E-state index >= 15 is 0 Å². The summed E-state index contributed by atoms with van der Waals surface area (Å²) in [7, 11) is 2.65. The third-order valence-corrected chi connectivity index (χ3v) is 1.78. The maximum Gasteiger partial charge on any atom is 0.325 e. The summed E-state index contributed by atoms with van der Waals surface area (Å²) in [6.45, 7) is 1.24. The zero-order valence-corrected chi connectivity index (χ0v) is 9.78. The molecule has 7 heteroatoms. The predicted molar refractivity (Wildman–Crippen MR) is 56.6 cm³/mol. The number of amides is 1. The molecule has 15 heavy (non-hydrogen) atoms. The van der Waals surface area contributed by atoms with Crippen LogP contribution in [0.4, 0.5) is 0 Å². The van der Waals surface area contributed by atoms with Crippen LogP contribution in [0.5, 0.6) is 0 Å².